The van der Waals surface area contributed by atoms with E-state index in [1.165, 1.54) is 26.4 Å². The van der Waals surface area contributed by atoms with Crippen LogP contribution in [0.3, 0.4) is 0 Å². The number of sulfonamides is 1. The van der Waals surface area contributed by atoms with Crippen LogP contribution in [0.1, 0.15) is 19.4 Å². The highest BCUT2D eigenvalue weighted by molar-refractivity contribution is 7.92. The van der Waals surface area contributed by atoms with Gasteiger partial charge in [-0.2, -0.15) is 0 Å². The van der Waals surface area contributed by atoms with Gasteiger partial charge in [-0.05, 0) is 49.7 Å². The van der Waals surface area contributed by atoms with Crippen LogP contribution in [0.5, 0.6) is 11.5 Å². The topological polar surface area (TPSA) is 149 Å². The van der Waals surface area contributed by atoms with Crippen LogP contribution in [-0.4, -0.2) is 45.1 Å². The van der Waals surface area contributed by atoms with Crippen molar-refractivity contribution in [3.8, 4) is 11.5 Å². The molecule has 4 N–H and O–H groups in total. The first-order valence-electron chi connectivity index (χ1n) is 14.0. The molecule has 5 rings (SSSR count). The molecule has 0 fully saturated rings. The van der Waals surface area contributed by atoms with Crippen molar-refractivity contribution in [3.05, 3.63) is 103 Å². The number of para-hydroxylation sites is 2. The van der Waals surface area contributed by atoms with Crippen LogP contribution in [0.4, 0.5) is 23.0 Å². The molecule has 0 atom stereocenters. The number of hydrogen-bond acceptors (Lipinski definition) is 9. The van der Waals surface area contributed by atoms with Gasteiger partial charge in [0.25, 0.3) is 10.0 Å². The van der Waals surface area contributed by atoms with Crippen molar-refractivity contribution in [1.29, 1.82) is 0 Å². The molecule has 0 bridgehead atoms. The molecule has 45 heavy (non-hydrogen) atoms. The molecular weight excluding hydrogens is 592 g/mol. The van der Waals surface area contributed by atoms with Gasteiger partial charge in [-0.1, -0.05) is 48.5 Å². The molecule has 0 unspecified atom stereocenters. The zero-order chi connectivity index (χ0) is 32.2. The van der Waals surface area contributed by atoms with Gasteiger partial charge in [-0.25, -0.2) is 18.4 Å². The molecule has 0 radical (unpaired) electrons. The maximum atomic E-state index is 13.9. The molecule has 0 spiro atoms. The van der Waals surface area contributed by atoms with Gasteiger partial charge in [0.15, 0.2) is 11.6 Å². The van der Waals surface area contributed by atoms with Crippen molar-refractivity contribution in [2.75, 3.05) is 35.7 Å². The number of nitrogens with two attached hydrogens (primary N) is 1. The summed E-state index contributed by atoms with van der Waals surface area (Å²) in [4.78, 5) is 23.2. The van der Waals surface area contributed by atoms with E-state index < -0.39 is 21.5 Å². The molecule has 1 aromatic heterocycles. The Kier molecular flexibility index (Phi) is 8.77. The smallest absolute Gasteiger partial charge is 0.263 e. The van der Waals surface area contributed by atoms with Gasteiger partial charge in [0.05, 0.1) is 42.2 Å². The summed E-state index contributed by atoms with van der Waals surface area (Å²) in [5.41, 5.74) is 7.96. The Balaban J connectivity index is 1.54. The number of fused-ring (bicyclic) bond motifs is 1. The number of primary amides is 1. The first-order chi connectivity index (χ1) is 21.5. The second-order valence-electron chi connectivity index (χ2n) is 10.7. The fourth-order valence-corrected chi connectivity index (χ4v) is 6.00. The lowest BCUT2D eigenvalue weighted by Crippen LogP contribution is -2.46. The summed E-state index contributed by atoms with van der Waals surface area (Å²) in [5, 5.41) is 3.16. The lowest BCUT2D eigenvalue weighted by molar-refractivity contribution is -0.117. The van der Waals surface area contributed by atoms with E-state index in [2.05, 4.69) is 20.0 Å². The normalized spacial score (nSPS) is 11.6. The molecule has 12 heteroatoms. The van der Waals surface area contributed by atoms with Gasteiger partial charge in [-0.3, -0.25) is 9.52 Å². The number of nitrogens with zero attached hydrogens (tertiary/aromatic N) is 3. The predicted molar refractivity (Wildman–Crippen MR) is 176 cm³/mol. The Hall–Kier alpha value is -5.36. The average Bonchev–Trinajstić information content (AvgIpc) is 3.04. The maximum Gasteiger partial charge on any atom is 0.263 e. The van der Waals surface area contributed by atoms with Crippen LogP contribution in [-0.2, 0) is 20.4 Å². The minimum atomic E-state index is -4.20. The number of hydrogen-bond donors (Lipinski definition) is 3. The van der Waals surface area contributed by atoms with Crippen LogP contribution < -0.4 is 30.1 Å². The summed E-state index contributed by atoms with van der Waals surface area (Å²) in [6.07, 6.45) is 0. The van der Waals surface area contributed by atoms with Crippen molar-refractivity contribution in [2.45, 2.75) is 24.3 Å². The number of aromatic nitrogens is 2. The number of nitrogens with one attached hydrogen (secondary N) is 2. The number of amides is 1. The Morgan fingerprint density at radius 2 is 1.42 bits per heavy atom. The van der Waals surface area contributed by atoms with E-state index in [0.29, 0.717) is 33.9 Å². The summed E-state index contributed by atoms with van der Waals surface area (Å²) in [5.74, 6) is 0.664. The molecule has 4 aromatic carbocycles. The van der Waals surface area contributed by atoms with Gasteiger partial charge < -0.3 is 25.4 Å². The zero-order valence-corrected chi connectivity index (χ0v) is 26.1. The van der Waals surface area contributed by atoms with E-state index in [1.807, 2.05) is 50.2 Å². The third-order valence-corrected chi connectivity index (χ3v) is 8.66. The first-order valence-corrected chi connectivity index (χ1v) is 15.5. The maximum absolute atomic E-state index is 13.9. The van der Waals surface area contributed by atoms with Crippen molar-refractivity contribution in [2.24, 2.45) is 5.73 Å². The van der Waals surface area contributed by atoms with Gasteiger partial charge in [-0.15, -0.1) is 0 Å². The van der Waals surface area contributed by atoms with Gasteiger partial charge >= 0.3 is 0 Å². The second-order valence-corrected chi connectivity index (χ2v) is 12.4. The summed E-state index contributed by atoms with van der Waals surface area (Å²) in [6, 6.07) is 28.2. The number of anilines is 4. The highest BCUT2D eigenvalue weighted by atomic mass is 32.2. The highest BCUT2D eigenvalue weighted by Gasteiger charge is 2.31. The van der Waals surface area contributed by atoms with E-state index in [0.717, 1.165) is 5.56 Å². The predicted octanol–water partition coefficient (Wildman–Crippen LogP) is 5.42. The van der Waals surface area contributed by atoms with Crippen LogP contribution in [0.15, 0.2) is 102 Å². The number of carbonyl (C=O) groups excluding carboxylic acids is 1. The number of ether oxygens (including phenoxy) is 2. The van der Waals surface area contributed by atoms with Gasteiger partial charge in [0.2, 0.25) is 5.91 Å². The van der Waals surface area contributed by atoms with Crippen LogP contribution in [0, 0.1) is 0 Å². The number of rotatable bonds is 12. The molecular formula is C33H34N6O5S. The number of carbonyl (C=O) groups is 1. The minimum Gasteiger partial charge on any atom is -0.497 e. The monoisotopic (exact) mass is 626 g/mol. The molecule has 11 nitrogen and oxygen atoms in total. The quantitative estimate of drug-likeness (QED) is 0.165. The standard InChI is InChI=1S/C33H34N6O5S/c1-33(2,22-11-6-5-7-12-22)39(21-30(34)40)24-13-10-14-27(19-24)45(41,42)38-32-31(36-28-15-8-9-16-29(28)37-32)35-23-17-25(43-3)20-26(18-23)44-4/h5-20H,21H2,1-4H3,(H2,34,40)(H,35,36)(H,37,38). The molecule has 232 valence electrons. The minimum absolute atomic E-state index is 0.0144. The van der Waals surface area contributed by atoms with Gasteiger partial charge in [0, 0.05) is 29.6 Å². The van der Waals surface area contributed by atoms with E-state index in [-0.39, 0.29) is 23.1 Å². The molecule has 0 aliphatic heterocycles. The van der Waals surface area contributed by atoms with Gasteiger partial charge in [0.1, 0.15) is 11.5 Å². The molecule has 0 saturated carbocycles. The summed E-state index contributed by atoms with van der Waals surface area (Å²) >= 11 is 0. The van der Waals surface area contributed by atoms with Crippen LogP contribution in [0.2, 0.25) is 0 Å². The fourth-order valence-electron chi connectivity index (χ4n) is 4.95. The molecule has 5 aromatic rings. The SMILES string of the molecule is COc1cc(Nc2nc3ccccc3nc2NS(=O)(=O)c2cccc(N(CC(N)=O)C(C)(C)c3ccccc3)c2)cc(OC)c1. The van der Waals surface area contributed by atoms with Crippen molar-refractivity contribution < 1.29 is 22.7 Å². The third-order valence-electron chi connectivity index (χ3n) is 7.32. The summed E-state index contributed by atoms with van der Waals surface area (Å²) in [6.45, 7) is 3.76. The lowest BCUT2D eigenvalue weighted by Gasteiger charge is -2.40. The first kappa shape index (κ1) is 31.1. The average molecular weight is 627 g/mol. The number of benzene rings is 4. The summed E-state index contributed by atoms with van der Waals surface area (Å²) < 4.78 is 41.2. The molecule has 0 aliphatic carbocycles. The summed E-state index contributed by atoms with van der Waals surface area (Å²) in [7, 11) is -1.13. The fraction of sp³-hybridized carbons (Fsp3) is 0.182. The van der Waals surface area contributed by atoms with Crippen LogP contribution >= 0.6 is 0 Å². The highest BCUT2D eigenvalue weighted by Crippen LogP contribution is 2.35. The van der Waals surface area contributed by atoms with Crippen molar-refractivity contribution in [1.82, 2.24) is 9.97 Å². The van der Waals surface area contributed by atoms with E-state index in [9.17, 15) is 13.2 Å². The Bertz CT molecular complexity index is 1930. The van der Waals surface area contributed by atoms with Crippen molar-refractivity contribution in [3.63, 3.8) is 0 Å². The lowest BCUT2D eigenvalue weighted by atomic mass is 9.91. The third kappa shape index (κ3) is 6.91. The van der Waals surface area contributed by atoms with E-state index >= 15 is 0 Å². The zero-order valence-electron chi connectivity index (χ0n) is 25.3. The number of methoxy groups -OCH3 is 2. The van der Waals surface area contributed by atoms with Crippen molar-refractivity contribution >= 4 is 50.0 Å². The molecule has 0 aliphatic rings. The molecule has 1 amide bonds. The second kappa shape index (κ2) is 12.7. The Labute approximate surface area is 262 Å². The van der Waals surface area contributed by atoms with E-state index in [1.54, 1.807) is 53.4 Å². The van der Waals surface area contributed by atoms with E-state index in [4.69, 9.17) is 15.2 Å². The Morgan fingerprint density at radius 3 is 2.02 bits per heavy atom. The van der Waals surface area contributed by atoms with Crippen LogP contribution in [0.25, 0.3) is 11.0 Å². The largest absolute Gasteiger partial charge is 0.497 e. The Morgan fingerprint density at radius 1 is 0.822 bits per heavy atom. The molecule has 1 heterocycles. The molecule has 0 saturated heterocycles.